The molecule has 3 rings (SSSR count). The molecule has 8 heteroatoms. The average molecular weight is 409 g/mol. The zero-order valence-corrected chi connectivity index (χ0v) is 18.0. The van der Waals surface area contributed by atoms with Crippen LogP contribution in [0.1, 0.15) is 69.5 Å². The fourth-order valence-corrected chi connectivity index (χ4v) is 4.20. The number of nitrogens with one attached hydrogen (secondary N) is 1. The highest BCUT2D eigenvalue weighted by molar-refractivity contribution is 7.71. The molecular formula is C19H29ClN6S. The lowest BCUT2D eigenvalue weighted by molar-refractivity contribution is 0.336. The van der Waals surface area contributed by atoms with E-state index in [0.717, 1.165) is 42.4 Å². The van der Waals surface area contributed by atoms with Crippen molar-refractivity contribution >= 4 is 30.0 Å². The molecule has 1 aliphatic rings. The first kappa shape index (κ1) is 20.3. The van der Waals surface area contributed by atoms with Gasteiger partial charge in [-0.3, -0.25) is 9.78 Å². The maximum Gasteiger partial charge on any atom is 0.216 e. The smallest absolute Gasteiger partial charge is 0.216 e. The van der Waals surface area contributed by atoms with E-state index >= 15 is 0 Å². The number of aromatic nitrogens is 5. The maximum absolute atomic E-state index is 6.51. The van der Waals surface area contributed by atoms with Crippen molar-refractivity contribution < 1.29 is 0 Å². The maximum atomic E-state index is 6.51. The summed E-state index contributed by atoms with van der Waals surface area (Å²) in [6.45, 7) is 7.02. The molecule has 1 aliphatic carbocycles. The van der Waals surface area contributed by atoms with Gasteiger partial charge < -0.3 is 0 Å². The van der Waals surface area contributed by atoms with E-state index in [1.807, 2.05) is 11.6 Å². The van der Waals surface area contributed by atoms with Crippen LogP contribution in [0.25, 0.3) is 0 Å². The highest BCUT2D eigenvalue weighted by Crippen LogP contribution is 2.27. The molecule has 2 aromatic rings. The summed E-state index contributed by atoms with van der Waals surface area (Å²) in [4.78, 5) is 0. The molecule has 0 saturated heterocycles. The van der Waals surface area contributed by atoms with Crippen molar-refractivity contribution in [3.8, 4) is 0 Å². The Kier molecular flexibility index (Phi) is 6.87. The fourth-order valence-electron chi connectivity index (χ4n) is 3.71. The monoisotopic (exact) mass is 408 g/mol. The van der Waals surface area contributed by atoms with E-state index in [1.54, 1.807) is 10.9 Å². The van der Waals surface area contributed by atoms with Crippen LogP contribution in [0.15, 0.2) is 5.10 Å². The van der Waals surface area contributed by atoms with Crippen LogP contribution in [-0.2, 0) is 13.0 Å². The van der Waals surface area contributed by atoms with Crippen LogP contribution in [0.5, 0.6) is 0 Å². The molecule has 1 saturated carbocycles. The van der Waals surface area contributed by atoms with E-state index in [9.17, 15) is 0 Å². The standard InChI is InChI=1S/C19H29ClN6S/c1-13(2)12-25-18(20)16(14(3)24-25)11-21-26-17(22-23-19(26)27)10-9-15-7-5-4-6-8-15/h11,13,15H,4-10,12H2,1-3H3,(H,23,27). The second-order valence-electron chi connectivity index (χ2n) is 7.91. The molecule has 0 atom stereocenters. The zero-order chi connectivity index (χ0) is 19.4. The third kappa shape index (κ3) is 5.08. The Bertz CT molecular complexity index is 841. The number of aryl methyl sites for hydroxylation is 2. The largest absolute Gasteiger partial charge is 0.253 e. The number of halogens is 1. The van der Waals surface area contributed by atoms with Gasteiger partial charge in [0.1, 0.15) is 5.15 Å². The summed E-state index contributed by atoms with van der Waals surface area (Å²) in [6.07, 6.45) is 10.5. The third-order valence-electron chi connectivity index (χ3n) is 5.17. The number of hydrogen-bond acceptors (Lipinski definition) is 4. The number of aromatic amines is 1. The molecule has 0 spiro atoms. The molecule has 0 aliphatic heterocycles. The Morgan fingerprint density at radius 3 is 2.78 bits per heavy atom. The molecule has 0 bridgehead atoms. The Balaban J connectivity index is 1.75. The summed E-state index contributed by atoms with van der Waals surface area (Å²) in [5.74, 6) is 2.15. The Labute approximate surface area is 171 Å². The molecule has 0 radical (unpaired) electrons. The van der Waals surface area contributed by atoms with E-state index in [1.165, 1.54) is 32.1 Å². The summed E-state index contributed by atoms with van der Waals surface area (Å²) in [5, 5.41) is 17.0. The van der Waals surface area contributed by atoms with Gasteiger partial charge in [0.25, 0.3) is 0 Å². The van der Waals surface area contributed by atoms with E-state index in [-0.39, 0.29) is 0 Å². The first-order chi connectivity index (χ1) is 13.0. The first-order valence-corrected chi connectivity index (χ1v) is 10.7. The van der Waals surface area contributed by atoms with Crippen LogP contribution in [0.3, 0.4) is 0 Å². The van der Waals surface area contributed by atoms with Gasteiger partial charge in [-0.05, 0) is 37.4 Å². The molecule has 1 fully saturated rings. The van der Waals surface area contributed by atoms with Gasteiger partial charge in [0.2, 0.25) is 4.77 Å². The lowest BCUT2D eigenvalue weighted by Crippen LogP contribution is -2.09. The summed E-state index contributed by atoms with van der Waals surface area (Å²) < 4.78 is 4.06. The zero-order valence-electron chi connectivity index (χ0n) is 16.4. The second-order valence-corrected chi connectivity index (χ2v) is 8.65. The lowest BCUT2D eigenvalue weighted by Gasteiger charge is -2.20. The quantitative estimate of drug-likeness (QED) is 0.509. The summed E-state index contributed by atoms with van der Waals surface area (Å²) in [6, 6.07) is 0. The predicted molar refractivity (Wildman–Crippen MR) is 112 cm³/mol. The van der Waals surface area contributed by atoms with E-state index in [2.05, 4.69) is 34.2 Å². The molecule has 0 unspecified atom stereocenters. The van der Waals surface area contributed by atoms with E-state index < -0.39 is 0 Å². The molecule has 2 aromatic heterocycles. The van der Waals surface area contributed by atoms with Crippen LogP contribution >= 0.6 is 23.8 Å². The highest BCUT2D eigenvalue weighted by Gasteiger charge is 2.16. The van der Waals surface area contributed by atoms with Gasteiger partial charge in [-0.1, -0.05) is 57.6 Å². The van der Waals surface area contributed by atoms with Crippen molar-refractivity contribution in [3.63, 3.8) is 0 Å². The van der Waals surface area contributed by atoms with Crippen LogP contribution in [0.4, 0.5) is 0 Å². The second kappa shape index (κ2) is 9.15. The average Bonchev–Trinajstić information content (AvgIpc) is 3.11. The molecule has 2 heterocycles. The first-order valence-electron chi connectivity index (χ1n) is 9.89. The van der Waals surface area contributed by atoms with Crippen molar-refractivity contribution in [1.29, 1.82) is 0 Å². The van der Waals surface area contributed by atoms with Gasteiger partial charge in [-0.2, -0.15) is 20.0 Å². The van der Waals surface area contributed by atoms with Gasteiger partial charge >= 0.3 is 0 Å². The number of hydrogen-bond donors (Lipinski definition) is 1. The molecule has 6 nitrogen and oxygen atoms in total. The highest BCUT2D eigenvalue weighted by atomic mass is 35.5. The van der Waals surface area contributed by atoms with Gasteiger partial charge in [-0.15, -0.1) is 0 Å². The molecule has 148 valence electrons. The van der Waals surface area contributed by atoms with Crippen molar-refractivity contribution in [2.45, 2.75) is 72.3 Å². The minimum absolute atomic E-state index is 0.473. The topological polar surface area (TPSA) is 63.8 Å². The number of rotatable bonds is 7. The van der Waals surface area contributed by atoms with Crippen LogP contribution in [0.2, 0.25) is 5.15 Å². The lowest BCUT2D eigenvalue weighted by atomic mass is 9.86. The summed E-state index contributed by atoms with van der Waals surface area (Å²) in [5.41, 5.74) is 1.70. The molecular weight excluding hydrogens is 380 g/mol. The van der Waals surface area contributed by atoms with Crippen molar-refractivity contribution in [3.05, 3.63) is 27.0 Å². The molecule has 0 amide bonds. The normalized spacial score (nSPS) is 16.0. The van der Waals surface area contributed by atoms with Crippen LogP contribution < -0.4 is 0 Å². The predicted octanol–water partition coefficient (Wildman–Crippen LogP) is 5.15. The summed E-state index contributed by atoms with van der Waals surface area (Å²) >= 11 is 11.9. The minimum Gasteiger partial charge on any atom is -0.253 e. The van der Waals surface area contributed by atoms with Gasteiger partial charge in [0, 0.05) is 13.0 Å². The van der Waals surface area contributed by atoms with Gasteiger partial charge in [-0.25, -0.2) is 0 Å². The van der Waals surface area contributed by atoms with Crippen LogP contribution in [0, 0.1) is 23.5 Å². The molecule has 27 heavy (non-hydrogen) atoms. The molecule has 0 aromatic carbocycles. The van der Waals surface area contributed by atoms with Gasteiger partial charge in [0.05, 0.1) is 17.5 Å². The van der Waals surface area contributed by atoms with Crippen LogP contribution in [-0.4, -0.2) is 30.9 Å². The third-order valence-corrected chi connectivity index (χ3v) is 5.83. The Morgan fingerprint density at radius 2 is 2.07 bits per heavy atom. The van der Waals surface area contributed by atoms with Crippen molar-refractivity contribution in [1.82, 2.24) is 24.7 Å². The summed E-state index contributed by atoms with van der Waals surface area (Å²) in [7, 11) is 0. The SMILES string of the molecule is Cc1nn(CC(C)C)c(Cl)c1C=Nn1c(CCC2CCCCC2)n[nH]c1=S. The van der Waals surface area contributed by atoms with E-state index in [0.29, 0.717) is 15.8 Å². The minimum atomic E-state index is 0.473. The number of nitrogens with zero attached hydrogens (tertiary/aromatic N) is 5. The number of H-pyrrole nitrogens is 1. The Morgan fingerprint density at radius 1 is 1.33 bits per heavy atom. The van der Waals surface area contributed by atoms with Crippen molar-refractivity contribution in [2.75, 3.05) is 0 Å². The Hall–Kier alpha value is -1.47. The van der Waals surface area contributed by atoms with E-state index in [4.69, 9.17) is 23.8 Å². The van der Waals surface area contributed by atoms with Crippen molar-refractivity contribution in [2.24, 2.45) is 16.9 Å². The van der Waals surface area contributed by atoms with Gasteiger partial charge in [0.15, 0.2) is 5.82 Å². The fraction of sp³-hybridized carbons (Fsp3) is 0.684. The molecule has 1 N–H and O–H groups in total.